The Labute approximate surface area is 143 Å². The number of benzene rings is 1. The molecule has 3 rings (SSSR count). The SMILES string of the molecule is COc1cccc([C@H](CNc2nn3c(=O)ccnc3s2)N(C)C)c1. The van der Waals surface area contributed by atoms with Gasteiger partial charge in [0.05, 0.1) is 13.2 Å². The number of likely N-dealkylation sites (N-methyl/N-ethyl adjacent to an activating group) is 1. The zero-order chi connectivity index (χ0) is 17.1. The predicted octanol–water partition coefficient (Wildman–Crippen LogP) is 1.87. The summed E-state index contributed by atoms with van der Waals surface area (Å²) in [7, 11) is 5.71. The molecule has 0 aliphatic rings. The number of hydrogen-bond donors (Lipinski definition) is 1. The number of rotatable bonds is 6. The lowest BCUT2D eigenvalue weighted by Crippen LogP contribution is -2.27. The van der Waals surface area contributed by atoms with Gasteiger partial charge in [-0.1, -0.05) is 23.5 Å². The van der Waals surface area contributed by atoms with E-state index in [2.05, 4.69) is 26.4 Å². The van der Waals surface area contributed by atoms with Crippen molar-refractivity contribution >= 4 is 21.4 Å². The third kappa shape index (κ3) is 3.39. The van der Waals surface area contributed by atoms with Crippen LogP contribution in [0.4, 0.5) is 5.13 Å². The van der Waals surface area contributed by atoms with Crippen LogP contribution in [0.5, 0.6) is 5.75 Å². The molecule has 0 saturated heterocycles. The third-order valence-corrected chi connectivity index (χ3v) is 4.60. The number of anilines is 1. The van der Waals surface area contributed by atoms with Gasteiger partial charge in [-0.3, -0.25) is 4.79 Å². The summed E-state index contributed by atoms with van der Waals surface area (Å²) in [6, 6.07) is 9.53. The van der Waals surface area contributed by atoms with Gasteiger partial charge in [-0.15, -0.1) is 5.10 Å². The van der Waals surface area contributed by atoms with Gasteiger partial charge < -0.3 is 15.0 Å². The Morgan fingerprint density at radius 3 is 2.92 bits per heavy atom. The maximum atomic E-state index is 11.7. The molecule has 0 aliphatic carbocycles. The molecule has 2 aromatic heterocycles. The average molecular weight is 345 g/mol. The van der Waals surface area contributed by atoms with Gasteiger partial charge in [0.1, 0.15) is 5.75 Å². The normalized spacial score (nSPS) is 12.5. The Bertz CT molecular complexity index is 889. The van der Waals surface area contributed by atoms with Crippen molar-refractivity contribution in [1.82, 2.24) is 19.5 Å². The molecule has 1 aromatic carbocycles. The molecule has 0 amide bonds. The van der Waals surface area contributed by atoms with E-state index < -0.39 is 0 Å². The van der Waals surface area contributed by atoms with Crippen molar-refractivity contribution in [3.05, 3.63) is 52.4 Å². The highest BCUT2D eigenvalue weighted by atomic mass is 32.1. The predicted molar refractivity (Wildman–Crippen MR) is 95.0 cm³/mol. The van der Waals surface area contributed by atoms with Gasteiger partial charge in [0.25, 0.3) is 5.56 Å². The maximum absolute atomic E-state index is 11.7. The van der Waals surface area contributed by atoms with E-state index in [0.717, 1.165) is 11.3 Å². The molecule has 0 spiro atoms. The lowest BCUT2D eigenvalue weighted by atomic mass is 10.1. The average Bonchev–Trinajstić information content (AvgIpc) is 2.99. The first-order valence-corrected chi connectivity index (χ1v) is 8.29. The summed E-state index contributed by atoms with van der Waals surface area (Å²) in [5, 5.41) is 8.25. The van der Waals surface area contributed by atoms with Crippen molar-refractivity contribution in [3.63, 3.8) is 0 Å². The highest BCUT2D eigenvalue weighted by molar-refractivity contribution is 7.20. The van der Waals surface area contributed by atoms with Gasteiger partial charge >= 0.3 is 0 Å². The first-order valence-electron chi connectivity index (χ1n) is 7.47. The number of nitrogens with zero attached hydrogens (tertiary/aromatic N) is 4. The summed E-state index contributed by atoms with van der Waals surface area (Å²) >= 11 is 1.35. The van der Waals surface area contributed by atoms with Crippen molar-refractivity contribution in [2.75, 3.05) is 33.1 Å². The zero-order valence-electron chi connectivity index (χ0n) is 13.8. The number of ether oxygens (including phenoxy) is 1. The molecule has 0 radical (unpaired) electrons. The standard InChI is InChI=1S/C16H19N5O2S/c1-20(2)13(11-5-4-6-12(9-11)23-3)10-18-15-19-21-14(22)7-8-17-16(21)24-15/h4-9,13H,10H2,1-3H3,(H,18,19)/t13-/m0/s1. The molecule has 1 atom stereocenters. The van der Waals surface area contributed by atoms with Crippen molar-refractivity contribution in [2.45, 2.75) is 6.04 Å². The quantitative estimate of drug-likeness (QED) is 0.735. The van der Waals surface area contributed by atoms with Crippen molar-refractivity contribution in [1.29, 1.82) is 0 Å². The first-order chi connectivity index (χ1) is 11.6. The van der Waals surface area contributed by atoms with Crippen LogP contribution < -0.4 is 15.6 Å². The van der Waals surface area contributed by atoms with E-state index in [-0.39, 0.29) is 11.6 Å². The van der Waals surface area contributed by atoms with Crippen LogP contribution in [0.2, 0.25) is 0 Å². The molecule has 0 fully saturated rings. The molecule has 1 N–H and O–H groups in total. The summed E-state index contributed by atoms with van der Waals surface area (Å²) < 4.78 is 6.61. The summed E-state index contributed by atoms with van der Waals surface area (Å²) in [6.07, 6.45) is 1.50. The van der Waals surface area contributed by atoms with Crippen LogP contribution in [0, 0.1) is 0 Å². The summed E-state index contributed by atoms with van der Waals surface area (Å²) in [6.45, 7) is 0.648. The third-order valence-electron chi connectivity index (χ3n) is 3.72. The summed E-state index contributed by atoms with van der Waals surface area (Å²) in [5.74, 6) is 0.829. The second-order valence-corrected chi connectivity index (χ2v) is 6.48. The molecule has 7 nitrogen and oxygen atoms in total. The highest BCUT2D eigenvalue weighted by Crippen LogP contribution is 2.24. The molecule has 24 heavy (non-hydrogen) atoms. The summed E-state index contributed by atoms with van der Waals surface area (Å²) in [5.41, 5.74) is 0.963. The Hall–Kier alpha value is -2.45. The molecule has 0 saturated carbocycles. The molecule has 0 bridgehead atoms. The summed E-state index contributed by atoms with van der Waals surface area (Å²) in [4.78, 5) is 18.6. The van der Waals surface area contributed by atoms with E-state index in [4.69, 9.17) is 4.74 Å². The van der Waals surface area contributed by atoms with Gasteiger partial charge in [0.2, 0.25) is 10.1 Å². The Morgan fingerprint density at radius 2 is 2.21 bits per heavy atom. The Morgan fingerprint density at radius 1 is 1.38 bits per heavy atom. The molecule has 0 aliphatic heterocycles. The van der Waals surface area contributed by atoms with Crippen LogP contribution in [0.25, 0.3) is 4.96 Å². The topological polar surface area (TPSA) is 71.8 Å². The fourth-order valence-electron chi connectivity index (χ4n) is 2.45. The zero-order valence-corrected chi connectivity index (χ0v) is 14.6. The van der Waals surface area contributed by atoms with Crippen LogP contribution in [0.15, 0.2) is 41.3 Å². The van der Waals surface area contributed by atoms with Crippen LogP contribution >= 0.6 is 11.3 Å². The largest absolute Gasteiger partial charge is 0.497 e. The number of fused-ring (bicyclic) bond motifs is 1. The first kappa shape index (κ1) is 16.4. The molecular weight excluding hydrogens is 326 g/mol. The van der Waals surface area contributed by atoms with E-state index in [1.54, 1.807) is 7.11 Å². The minimum Gasteiger partial charge on any atom is -0.497 e. The second-order valence-electron chi connectivity index (χ2n) is 5.52. The van der Waals surface area contributed by atoms with Crippen LogP contribution in [-0.4, -0.2) is 47.2 Å². The monoisotopic (exact) mass is 345 g/mol. The van der Waals surface area contributed by atoms with Gasteiger partial charge in [-0.25, -0.2) is 4.98 Å². The van der Waals surface area contributed by atoms with Gasteiger partial charge in [0.15, 0.2) is 0 Å². The van der Waals surface area contributed by atoms with Crippen molar-refractivity contribution in [2.24, 2.45) is 0 Å². The van der Waals surface area contributed by atoms with Gasteiger partial charge in [-0.2, -0.15) is 4.52 Å². The number of aromatic nitrogens is 3. The number of hydrogen-bond acceptors (Lipinski definition) is 7. The number of methoxy groups -OCH3 is 1. The molecule has 2 heterocycles. The van der Waals surface area contributed by atoms with Gasteiger partial charge in [0, 0.05) is 18.8 Å². The van der Waals surface area contributed by atoms with Crippen LogP contribution in [0.1, 0.15) is 11.6 Å². The van der Waals surface area contributed by atoms with Gasteiger partial charge in [-0.05, 0) is 31.8 Å². The van der Waals surface area contributed by atoms with Crippen molar-refractivity contribution in [3.8, 4) is 5.75 Å². The minimum atomic E-state index is -0.179. The van der Waals surface area contributed by atoms with Crippen molar-refractivity contribution < 1.29 is 4.74 Å². The van der Waals surface area contributed by atoms with E-state index in [0.29, 0.717) is 16.6 Å². The number of nitrogens with one attached hydrogen (secondary N) is 1. The molecule has 126 valence electrons. The molecule has 3 aromatic rings. The Balaban J connectivity index is 1.80. The molecule has 0 unspecified atom stereocenters. The maximum Gasteiger partial charge on any atom is 0.275 e. The lowest BCUT2D eigenvalue weighted by Gasteiger charge is -2.25. The van der Waals surface area contributed by atoms with E-state index in [9.17, 15) is 4.79 Å². The van der Waals surface area contributed by atoms with Crippen LogP contribution in [-0.2, 0) is 0 Å². The van der Waals surface area contributed by atoms with E-state index in [1.807, 2.05) is 32.3 Å². The smallest absolute Gasteiger partial charge is 0.275 e. The van der Waals surface area contributed by atoms with E-state index >= 15 is 0 Å². The highest BCUT2D eigenvalue weighted by Gasteiger charge is 2.16. The van der Waals surface area contributed by atoms with E-state index in [1.165, 1.54) is 28.1 Å². The fourth-order valence-corrected chi connectivity index (χ4v) is 3.23. The minimum absolute atomic E-state index is 0.136. The second kappa shape index (κ2) is 6.98. The van der Waals surface area contributed by atoms with Crippen LogP contribution in [0.3, 0.4) is 0 Å². The Kier molecular flexibility index (Phi) is 4.77. The molecule has 8 heteroatoms. The molecular formula is C16H19N5O2S. The fraction of sp³-hybridized carbons (Fsp3) is 0.312. The lowest BCUT2D eigenvalue weighted by molar-refractivity contribution is 0.310.